The van der Waals surface area contributed by atoms with Gasteiger partial charge < -0.3 is 15.7 Å². The van der Waals surface area contributed by atoms with E-state index in [0.29, 0.717) is 24.4 Å². The molecule has 0 spiro atoms. The van der Waals surface area contributed by atoms with Gasteiger partial charge in [-0.1, -0.05) is 27.2 Å². The molecule has 1 aliphatic rings. The summed E-state index contributed by atoms with van der Waals surface area (Å²) >= 11 is 0. The first-order valence-electron chi connectivity index (χ1n) is 6.58. The molecule has 1 saturated carbocycles. The minimum Gasteiger partial charge on any atom is -0.481 e. The van der Waals surface area contributed by atoms with Gasteiger partial charge in [-0.2, -0.15) is 0 Å². The molecule has 5 heteroatoms. The van der Waals surface area contributed by atoms with E-state index in [-0.39, 0.29) is 18.4 Å². The Bertz CT molecular complexity index is 315. The van der Waals surface area contributed by atoms with Crippen LogP contribution in [0.5, 0.6) is 0 Å². The van der Waals surface area contributed by atoms with Gasteiger partial charge in [-0.05, 0) is 23.7 Å². The SMILES string of the molecule is CCC(CNC(=O)NCC1CC1(C)C)CC(=O)O. The average molecular weight is 256 g/mol. The highest BCUT2D eigenvalue weighted by Crippen LogP contribution is 2.50. The summed E-state index contributed by atoms with van der Waals surface area (Å²) in [6.07, 6.45) is 2.01. The van der Waals surface area contributed by atoms with Crippen LogP contribution in [0.15, 0.2) is 0 Å². The highest BCUT2D eigenvalue weighted by molar-refractivity contribution is 5.74. The van der Waals surface area contributed by atoms with Crippen LogP contribution in [0.2, 0.25) is 0 Å². The van der Waals surface area contributed by atoms with Crippen LogP contribution in [0.1, 0.15) is 40.0 Å². The number of amides is 2. The van der Waals surface area contributed by atoms with Gasteiger partial charge in [0, 0.05) is 19.5 Å². The number of urea groups is 1. The first-order valence-corrected chi connectivity index (χ1v) is 6.58. The van der Waals surface area contributed by atoms with Crippen LogP contribution >= 0.6 is 0 Å². The van der Waals surface area contributed by atoms with Crippen LogP contribution in [-0.4, -0.2) is 30.2 Å². The Kier molecular flexibility index (Phi) is 4.99. The van der Waals surface area contributed by atoms with Crippen LogP contribution in [0.3, 0.4) is 0 Å². The van der Waals surface area contributed by atoms with Crippen LogP contribution < -0.4 is 10.6 Å². The van der Waals surface area contributed by atoms with Gasteiger partial charge in [0.1, 0.15) is 0 Å². The van der Waals surface area contributed by atoms with Gasteiger partial charge in [0.2, 0.25) is 0 Å². The summed E-state index contributed by atoms with van der Waals surface area (Å²) in [5.74, 6) is -0.237. The zero-order valence-corrected chi connectivity index (χ0v) is 11.5. The molecule has 2 atom stereocenters. The van der Waals surface area contributed by atoms with Crippen molar-refractivity contribution in [2.75, 3.05) is 13.1 Å². The van der Waals surface area contributed by atoms with Gasteiger partial charge in [-0.25, -0.2) is 4.79 Å². The van der Waals surface area contributed by atoms with E-state index in [1.54, 1.807) is 0 Å². The van der Waals surface area contributed by atoms with Crippen LogP contribution in [0, 0.1) is 17.3 Å². The summed E-state index contributed by atoms with van der Waals surface area (Å²) in [6, 6.07) is -0.193. The molecule has 0 aromatic rings. The third-order valence-corrected chi connectivity index (χ3v) is 3.82. The fraction of sp³-hybridized carbons (Fsp3) is 0.846. The number of rotatable bonds is 7. The second-order valence-electron chi connectivity index (χ2n) is 5.85. The second kappa shape index (κ2) is 6.07. The lowest BCUT2D eigenvalue weighted by molar-refractivity contribution is -0.138. The van der Waals surface area contributed by atoms with E-state index < -0.39 is 5.97 Å². The number of carboxylic acid groups (broad SMARTS) is 1. The fourth-order valence-electron chi connectivity index (χ4n) is 2.05. The fourth-order valence-corrected chi connectivity index (χ4v) is 2.05. The summed E-state index contributed by atoms with van der Waals surface area (Å²) in [7, 11) is 0. The average Bonchev–Trinajstić information content (AvgIpc) is 2.89. The number of hydrogen-bond acceptors (Lipinski definition) is 2. The molecular weight excluding hydrogens is 232 g/mol. The van der Waals surface area contributed by atoms with Crippen LogP contribution in [0.25, 0.3) is 0 Å². The Balaban J connectivity index is 2.14. The van der Waals surface area contributed by atoms with Gasteiger partial charge in [0.15, 0.2) is 0 Å². The molecular formula is C13H24N2O3. The molecule has 104 valence electrons. The standard InChI is InChI=1S/C13H24N2O3/c1-4-9(5-11(16)17)7-14-12(18)15-8-10-6-13(10,2)3/h9-10H,4-8H2,1-3H3,(H,16,17)(H2,14,15,18). The number of hydrogen-bond donors (Lipinski definition) is 3. The Labute approximate surface area is 108 Å². The largest absolute Gasteiger partial charge is 0.481 e. The molecule has 0 aliphatic heterocycles. The highest BCUT2D eigenvalue weighted by atomic mass is 16.4. The first kappa shape index (κ1) is 14.8. The molecule has 0 saturated heterocycles. The van der Waals surface area contributed by atoms with E-state index in [0.717, 1.165) is 12.8 Å². The minimum atomic E-state index is -0.816. The van der Waals surface area contributed by atoms with E-state index in [1.807, 2.05) is 6.92 Å². The van der Waals surface area contributed by atoms with Crippen molar-refractivity contribution < 1.29 is 14.7 Å². The lowest BCUT2D eigenvalue weighted by Gasteiger charge is -2.14. The van der Waals surface area contributed by atoms with Gasteiger partial charge in [-0.15, -0.1) is 0 Å². The van der Waals surface area contributed by atoms with Gasteiger partial charge in [0.25, 0.3) is 0 Å². The summed E-state index contributed by atoms with van der Waals surface area (Å²) < 4.78 is 0. The number of carbonyl (C=O) groups excluding carboxylic acids is 1. The van der Waals surface area contributed by atoms with E-state index in [1.165, 1.54) is 0 Å². The molecule has 0 aromatic heterocycles. The minimum absolute atomic E-state index is 0.00520. The smallest absolute Gasteiger partial charge is 0.314 e. The number of carboxylic acids is 1. The van der Waals surface area contributed by atoms with Crippen molar-refractivity contribution in [1.29, 1.82) is 0 Å². The van der Waals surface area contributed by atoms with E-state index in [4.69, 9.17) is 5.11 Å². The number of aliphatic carboxylic acids is 1. The first-order chi connectivity index (χ1) is 8.35. The van der Waals surface area contributed by atoms with Crippen molar-refractivity contribution in [2.24, 2.45) is 17.3 Å². The van der Waals surface area contributed by atoms with Gasteiger partial charge >= 0.3 is 12.0 Å². The van der Waals surface area contributed by atoms with Crippen molar-refractivity contribution in [3.63, 3.8) is 0 Å². The maximum Gasteiger partial charge on any atom is 0.314 e. The maximum atomic E-state index is 11.5. The molecule has 3 N–H and O–H groups in total. The Morgan fingerprint density at radius 1 is 1.39 bits per heavy atom. The second-order valence-corrected chi connectivity index (χ2v) is 5.85. The topological polar surface area (TPSA) is 78.4 Å². The summed E-state index contributed by atoms with van der Waals surface area (Å²) in [5.41, 5.74) is 0.364. The zero-order chi connectivity index (χ0) is 13.8. The molecule has 0 bridgehead atoms. The van der Waals surface area contributed by atoms with Gasteiger partial charge in [0.05, 0.1) is 0 Å². The number of carbonyl (C=O) groups is 2. The Morgan fingerprint density at radius 2 is 2.00 bits per heavy atom. The molecule has 0 aromatic carbocycles. The van der Waals surface area contributed by atoms with Crippen molar-refractivity contribution in [3.8, 4) is 0 Å². The molecule has 2 unspecified atom stereocenters. The molecule has 1 rings (SSSR count). The Morgan fingerprint density at radius 3 is 2.44 bits per heavy atom. The zero-order valence-electron chi connectivity index (χ0n) is 11.5. The van der Waals surface area contributed by atoms with Crippen molar-refractivity contribution in [1.82, 2.24) is 10.6 Å². The highest BCUT2D eigenvalue weighted by Gasteiger charge is 2.45. The Hall–Kier alpha value is -1.26. The number of nitrogens with one attached hydrogen (secondary N) is 2. The normalized spacial score (nSPS) is 22.1. The molecule has 0 heterocycles. The van der Waals surface area contributed by atoms with Crippen LogP contribution in [-0.2, 0) is 4.79 Å². The molecule has 5 nitrogen and oxygen atoms in total. The van der Waals surface area contributed by atoms with Gasteiger partial charge in [-0.3, -0.25) is 4.79 Å². The van der Waals surface area contributed by atoms with E-state index in [2.05, 4.69) is 24.5 Å². The summed E-state index contributed by atoms with van der Waals surface area (Å²) in [5, 5.41) is 14.3. The maximum absolute atomic E-state index is 11.5. The third-order valence-electron chi connectivity index (χ3n) is 3.82. The third kappa shape index (κ3) is 4.94. The van der Waals surface area contributed by atoms with Crippen molar-refractivity contribution in [2.45, 2.75) is 40.0 Å². The van der Waals surface area contributed by atoms with Crippen molar-refractivity contribution in [3.05, 3.63) is 0 Å². The molecule has 1 aliphatic carbocycles. The van der Waals surface area contributed by atoms with E-state index in [9.17, 15) is 9.59 Å². The molecule has 0 radical (unpaired) electrons. The lowest BCUT2D eigenvalue weighted by atomic mass is 10.0. The molecule has 18 heavy (non-hydrogen) atoms. The predicted octanol–water partition coefficient (Wildman–Crippen LogP) is 1.83. The summed E-state index contributed by atoms with van der Waals surface area (Å²) in [4.78, 5) is 22.1. The summed E-state index contributed by atoms with van der Waals surface area (Å²) in [6.45, 7) is 7.44. The van der Waals surface area contributed by atoms with Crippen LogP contribution in [0.4, 0.5) is 4.79 Å². The van der Waals surface area contributed by atoms with Crippen molar-refractivity contribution >= 4 is 12.0 Å². The van der Waals surface area contributed by atoms with E-state index >= 15 is 0 Å². The lowest BCUT2D eigenvalue weighted by Crippen LogP contribution is -2.39. The molecule has 1 fully saturated rings. The molecule has 2 amide bonds. The monoisotopic (exact) mass is 256 g/mol. The quantitative estimate of drug-likeness (QED) is 0.650. The predicted molar refractivity (Wildman–Crippen MR) is 69.3 cm³/mol.